The van der Waals surface area contributed by atoms with Crippen LogP contribution in [0.3, 0.4) is 0 Å². The second-order valence-corrected chi connectivity index (χ2v) is 6.93. The summed E-state index contributed by atoms with van der Waals surface area (Å²) in [5.74, 6) is 0. The highest BCUT2D eigenvalue weighted by Crippen LogP contribution is 2.20. The van der Waals surface area contributed by atoms with E-state index >= 15 is 0 Å². The van der Waals surface area contributed by atoms with E-state index in [2.05, 4.69) is 41.4 Å². The Morgan fingerprint density at radius 1 is 0.920 bits per heavy atom. The average molecular weight is 349 g/mol. The standard InChI is InChI=1S/C20H19N3OS/c24-19(22-12-4-5-13-22)21-20-23(14-15-25-20)18-10-8-17(9-11-18)16-6-2-1-3-7-16/h1-3,6-11,14-15H,4-5,12-13H2. The van der Waals surface area contributed by atoms with Gasteiger partial charge in [-0.05, 0) is 36.1 Å². The summed E-state index contributed by atoms with van der Waals surface area (Å²) in [6.07, 6.45) is 4.11. The maximum absolute atomic E-state index is 12.3. The molecule has 4 nitrogen and oxygen atoms in total. The Labute approximate surface area is 150 Å². The largest absolute Gasteiger partial charge is 0.346 e. The van der Waals surface area contributed by atoms with Gasteiger partial charge in [0.15, 0.2) is 4.80 Å². The Bertz CT molecular complexity index is 919. The second-order valence-electron chi connectivity index (χ2n) is 6.06. The molecule has 0 radical (unpaired) electrons. The normalized spacial score (nSPS) is 14.9. The lowest BCUT2D eigenvalue weighted by Crippen LogP contribution is -2.27. The van der Waals surface area contributed by atoms with Crippen molar-refractivity contribution in [3.05, 3.63) is 71.0 Å². The summed E-state index contributed by atoms with van der Waals surface area (Å²) in [5, 5.41) is 1.96. The minimum Gasteiger partial charge on any atom is -0.323 e. The minimum atomic E-state index is -0.130. The SMILES string of the molecule is O=C(N=c1sccn1-c1ccc(-c2ccccc2)cc1)N1CCCC1. The fraction of sp³-hybridized carbons (Fsp3) is 0.200. The topological polar surface area (TPSA) is 37.6 Å². The van der Waals surface area contributed by atoms with E-state index in [0.29, 0.717) is 4.80 Å². The first kappa shape index (κ1) is 15.8. The number of urea groups is 1. The molecule has 0 atom stereocenters. The highest BCUT2D eigenvalue weighted by molar-refractivity contribution is 7.07. The summed E-state index contributed by atoms with van der Waals surface area (Å²) in [5.41, 5.74) is 3.37. The van der Waals surface area contributed by atoms with Crippen LogP contribution in [0.4, 0.5) is 4.79 Å². The molecule has 1 aromatic heterocycles. The Balaban J connectivity index is 1.63. The number of thiazole rings is 1. The third-order valence-corrected chi connectivity index (χ3v) is 5.17. The van der Waals surface area contributed by atoms with Crippen LogP contribution < -0.4 is 4.80 Å². The number of carbonyl (C=O) groups is 1. The first-order valence-corrected chi connectivity index (χ1v) is 9.35. The van der Waals surface area contributed by atoms with Gasteiger partial charge in [-0.3, -0.25) is 4.57 Å². The highest BCUT2D eigenvalue weighted by Gasteiger charge is 2.17. The molecule has 0 spiro atoms. The molecule has 126 valence electrons. The van der Waals surface area contributed by atoms with Gasteiger partial charge in [0.05, 0.1) is 0 Å². The van der Waals surface area contributed by atoms with E-state index in [9.17, 15) is 4.79 Å². The molecule has 0 saturated carbocycles. The molecule has 1 aliphatic heterocycles. The fourth-order valence-electron chi connectivity index (χ4n) is 3.06. The summed E-state index contributed by atoms with van der Waals surface area (Å²) in [4.78, 5) is 19.1. The molecule has 2 heterocycles. The summed E-state index contributed by atoms with van der Waals surface area (Å²) in [6.45, 7) is 1.64. The van der Waals surface area contributed by atoms with Crippen LogP contribution in [0.15, 0.2) is 71.2 Å². The smallest absolute Gasteiger partial charge is 0.323 e. The number of likely N-dealkylation sites (tertiary alicyclic amines) is 1. The zero-order valence-electron chi connectivity index (χ0n) is 13.8. The Morgan fingerprint density at radius 3 is 2.32 bits per heavy atom. The van der Waals surface area contributed by atoms with Gasteiger partial charge in [-0.15, -0.1) is 11.3 Å². The second kappa shape index (κ2) is 7.07. The van der Waals surface area contributed by atoms with Crippen LogP contribution in [-0.2, 0) is 0 Å². The van der Waals surface area contributed by atoms with Crippen molar-refractivity contribution < 1.29 is 4.79 Å². The molecule has 2 aromatic carbocycles. The van der Waals surface area contributed by atoms with Gasteiger partial charge < -0.3 is 4.90 Å². The van der Waals surface area contributed by atoms with Crippen LogP contribution in [0.5, 0.6) is 0 Å². The molecule has 25 heavy (non-hydrogen) atoms. The van der Waals surface area contributed by atoms with Gasteiger partial charge in [0.1, 0.15) is 0 Å². The first-order chi connectivity index (χ1) is 12.3. The van der Waals surface area contributed by atoms with Gasteiger partial charge in [0, 0.05) is 30.4 Å². The summed E-state index contributed by atoms with van der Waals surface area (Å²) in [7, 11) is 0. The quantitative estimate of drug-likeness (QED) is 0.679. The lowest BCUT2D eigenvalue weighted by atomic mass is 10.1. The number of rotatable bonds is 2. The molecular formula is C20H19N3OS. The van der Waals surface area contributed by atoms with E-state index in [1.54, 1.807) is 0 Å². The van der Waals surface area contributed by atoms with Crippen molar-refractivity contribution in [1.82, 2.24) is 9.47 Å². The van der Waals surface area contributed by atoms with Crippen LogP contribution in [-0.4, -0.2) is 28.6 Å². The van der Waals surface area contributed by atoms with Gasteiger partial charge >= 0.3 is 6.03 Å². The molecule has 1 aliphatic rings. The molecule has 1 fully saturated rings. The third kappa shape index (κ3) is 3.42. The summed E-state index contributed by atoms with van der Waals surface area (Å²) < 4.78 is 1.97. The fourth-order valence-corrected chi connectivity index (χ4v) is 3.77. The van der Waals surface area contributed by atoms with Crippen molar-refractivity contribution in [2.75, 3.05) is 13.1 Å². The van der Waals surface area contributed by atoms with Crippen molar-refractivity contribution in [3.63, 3.8) is 0 Å². The number of carbonyl (C=O) groups excluding carboxylic acids is 1. The maximum Gasteiger partial charge on any atom is 0.346 e. The molecule has 0 bridgehead atoms. The minimum absolute atomic E-state index is 0.130. The van der Waals surface area contributed by atoms with E-state index in [0.717, 1.165) is 31.6 Å². The third-order valence-electron chi connectivity index (χ3n) is 4.41. The molecule has 0 aliphatic carbocycles. The van der Waals surface area contributed by atoms with Gasteiger partial charge in [-0.2, -0.15) is 4.99 Å². The Kier molecular flexibility index (Phi) is 4.48. The molecule has 4 rings (SSSR count). The van der Waals surface area contributed by atoms with E-state index in [4.69, 9.17) is 0 Å². The Morgan fingerprint density at radius 2 is 1.60 bits per heavy atom. The Hall–Kier alpha value is -2.66. The van der Waals surface area contributed by atoms with Crippen molar-refractivity contribution in [2.45, 2.75) is 12.8 Å². The molecule has 5 heteroatoms. The van der Waals surface area contributed by atoms with Gasteiger partial charge in [0.25, 0.3) is 0 Å². The van der Waals surface area contributed by atoms with Crippen LogP contribution in [0.25, 0.3) is 16.8 Å². The molecule has 0 unspecified atom stereocenters. The van der Waals surface area contributed by atoms with Crippen molar-refractivity contribution in [3.8, 4) is 16.8 Å². The predicted molar refractivity (Wildman–Crippen MR) is 101 cm³/mol. The molecular weight excluding hydrogens is 330 g/mol. The number of benzene rings is 2. The van der Waals surface area contributed by atoms with Crippen molar-refractivity contribution in [1.29, 1.82) is 0 Å². The van der Waals surface area contributed by atoms with Crippen molar-refractivity contribution >= 4 is 17.4 Å². The lowest BCUT2D eigenvalue weighted by molar-refractivity contribution is 0.218. The van der Waals surface area contributed by atoms with Crippen LogP contribution in [0, 0.1) is 0 Å². The number of aromatic nitrogens is 1. The summed E-state index contributed by atoms with van der Waals surface area (Å²) in [6, 6.07) is 18.5. The number of hydrogen-bond donors (Lipinski definition) is 0. The van der Waals surface area contributed by atoms with E-state index < -0.39 is 0 Å². The van der Waals surface area contributed by atoms with Crippen molar-refractivity contribution in [2.24, 2.45) is 4.99 Å². The number of hydrogen-bond acceptors (Lipinski definition) is 2. The monoisotopic (exact) mass is 349 g/mol. The van der Waals surface area contributed by atoms with E-state index in [1.807, 2.05) is 39.2 Å². The molecule has 3 aromatic rings. The molecule has 0 N–H and O–H groups in total. The zero-order valence-corrected chi connectivity index (χ0v) is 14.7. The predicted octanol–water partition coefficient (Wildman–Crippen LogP) is 4.32. The summed E-state index contributed by atoms with van der Waals surface area (Å²) >= 11 is 1.48. The average Bonchev–Trinajstić information content (AvgIpc) is 3.35. The van der Waals surface area contributed by atoms with Crippen LogP contribution >= 0.6 is 11.3 Å². The van der Waals surface area contributed by atoms with Gasteiger partial charge in [0.2, 0.25) is 0 Å². The van der Waals surface area contributed by atoms with Crippen LogP contribution in [0.2, 0.25) is 0 Å². The van der Waals surface area contributed by atoms with E-state index in [1.165, 1.54) is 22.5 Å². The number of nitrogens with zero attached hydrogens (tertiary/aromatic N) is 3. The highest BCUT2D eigenvalue weighted by atomic mass is 32.1. The lowest BCUT2D eigenvalue weighted by Gasteiger charge is -2.10. The van der Waals surface area contributed by atoms with Gasteiger partial charge in [-0.25, -0.2) is 4.79 Å². The number of amides is 2. The zero-order chi connectivity index (χ0) is 17.1. The maximum atomic E-state index is 12.3. The van der Waals surface area contributed by atoms with Crippen LogP contribution in [0.1, 0.15) is 12.8 Å². The van der Waals surface area contributed by atoms with E-state index in [-0.39, 0.29) is 6.03 Å². The molecule has 2 amide bonds. The first-order valence-electron chi connectivity index (χ1n) is 8.47. The van der Waals surface area contributed by atoms with Gasteiger partial charge in [-0.1, -0.05) is 42.5 Å². The molecule has 1 saturated heterocycles.